The van der Waals surface area contributed by atoms with E-state index in [1.54, 1.807) is 14.0 Å². The van der Waals surface area contributed by atoms with Gasteiger partial charge >= 0.3 is 0 Å². The molecule has 18 heavy (non-hydrogen) atoms. The molecule has 0 aromatic carbocycles. The summed E-state index contributed by atoms with van der Waals surface area (Å²) in [6.07, 6.45) is 1.40. The van der Waals surface area contributed by atoms with Crippen molar-refractivity contribution in [2.75, 3.05) is 12.4 Å². The Bertz CT molecular complexity index is 421. The monoisotopic (exact) mass is 252 g/mol. The minimum Gasteiger partial charge on any atom is -0.481 e. The fourth-order valence-electron chi connectivity index (χ4n) is 1.47. The molecule has 1 unspecified atom stereocenters. The number of hydrogen-bond acceptors (Lipinski definition) is 5. The number of carbonyl (C=O) groups is 1. The number of methoxy groups -OCH3 is 1. The van der Waals surface area contributed by atoms with Crippen LogP contribution in [0.15, 0.2) is 6.33 Å². The molecule has 0 aliphatic carbocycles. The van der Waals surface area contributed by atoms with Crippen LogP contribution in [0.5, 0.6) is 5.88 Å². The van der Waals surface area contributed by atoms with Crippen molar-refractivity contribution in [1.82, 2.24) is 15.3 Å². The molecule has 0 bridgehead atoms. The van der Waals surface area contributed by atoms with E-state index in [9.17, 15) is 4.79 Å². The quantitative estimate of drug-likeness (QED) is 0.821. The summed E-state index contributed by atoms with van der Waals surface area (Å²) in [5.74, 6) is 1.04. The first kappa shape index (κ1) is 14.2. The molecule has 1 amide bonds. The van der Waals surface area contributed by atoms with Crippen LogP contribution >= 0.6 is 0 Å². The number of nitrogens with one attached hydrogen (secondary N) is 2. The van der Waals surface area contributed by atoms with Crippen molar-refractivity contribution in [3.05, 3.63) is 11.9 Å². The minimum atomic E-state index is -0.370. The molecule has 0 aliphatic heterocycles. The maximum absolute atomic E-state index is 11.8. The Morgan fingerprint density at radius 3 is 2.56 bits per heavy atom. The van der Waals surface area contributed by atoms with Crippen molar-refractivity contribution < 1.29 is 9.53 Å². The van der Waals surface area contributed by atoms with Gasteiger partial charge < -0.3 is 15.4 Å². The largest absolute Gasteiger partial charge is 0.481 e. The highest BCUT2D eigenvalue weighted by molar-refractivity contribution is 5.84. The van der Waals surface area contributed by atoms with Gasteiger partial charge in [-0.15, -0.1) is 0 Å². The highest BCUT2D eigenvalue weighted by atomic mass is 16.5. The zero-order chi connectivity index (χ0) is 13.7. The van der Waals surface area contributed by atoms with Gasteiger partial charge in [-0.05, 0) is 27.7 Å². The lowest BCUT2D eigenvalue weighted by atomic mass is 10.2. The number of anilines is 1. The van der Waals surface area contributed by atoms with Crippen molar-refractivity contribution in [2.24, 2.45) is 0 Å². The molecule has 0 radical (unpaired) electrons. The summed E-state index contributed by atoms with van der Waals surface area (Å²) in [5.41, 5.74) is 0.782. The first-order valence-corrected chi connectivity index (χ1v) is 5.88. The Morgan fingerprint density at radius 2 is 2.00 bits per heavy atom. The molecule has 6 heteroatoms. The van der Waals surface area contributed by atoms with Crippen LogP contribution in [-0.2, 0) is 4.79 Å². The van der Waals surface area contributed by atoms with Gasteiger partial charge in [0.1, 0.15) is 18.2 Å². The normalized spacial score (nSPS) is 12.1. The van der Waals surface area contributed by atoms with Gasteiger partial charge in [-0.1, -0.05) is 0 Å². The van der Waals surface area contributed by atoms with Crippen molar-refractivity contribution in [1.29, 1.82) is 0 Å². The molecule has 0 saturated heterocycles. The molecule has 0 fully saturated rings. The Balaban J connectivity index is 2.75. The van der Waals surface area contributed by atoms with Crippen LogP contribution in [0.3, 0.4) is 0 Å². The molecule has 1 heterocycles. The highest BCUT2D eigenvalue weighted by Gasteiger charge is 2.16. The van der Waals surface area contributed by atoms with E-state index in [1.165, 1.54) is 6.33 Å². The Kier molecular flexibility index (Phi) is 4.88. The summed E-state index contributed by atoms with van der Waals surface area (Å²) >= 11 is 0. The lowest BCUT2D eigenvalue weighted by molar-refractivity contribution is -0.122. The molecule has 1 aromatic rings. The Hall–Kier alpha value is -1.85. The fourth-order valence-corrected chi connectivity index (χ4v) is 1.47. The second kappa shape index (κ2) is 6.18. The summed E-state index contributed by atoms with van der Waals surface area (Å²) in [5, 5.41) is 5.88. The Labute approximate surface area is 107 Å². The van der Waals surface area contributed by atoms with E-state index in [0.717, 1.165) is 5.56 Å². The Morgan fingerprint density at radius 1 is 1.33 bits per heavy atom. The zero-order valence-corrected chi connectivity index (χ0v) is 11.4. The van der Waals surface area contributed by atoms with Gasteiger partial charge in [0.15, 0.2) is 0 Å². The smallest absolute Gasteiger partial charge is 0.242 e. The van der Waals surface area contributed by atoms with Gasteiger partial charge in [0.2, 0.25) is 11.8 Å². The molecule has 0 aliphatic rings. The molecular weight excluding hydrogens is 232 g/mol. The number of nitrogens with zero attached hydrogens (tertiary/aromatic N) is 2. The summed E-state index contributed by atoms with van der Waals surface area (Å²) in [6, 6.07) is -0.256. The average Bonchev–Trinajstić information content (AvgIpc) is 2.30. The van der Waals surface area contributed by atoms with Crippen molar-refractivity contribution in [3.63, 3.8) is 0 Å². The highest BCUT2D eigenvalue weighted by Crippen LogP contribution is 2.20. The second-order valence-electron chi connectivity index (χ2n) is 4.39. The van der Waals surface area contributed by atoms with E-state index in [0.29, 0.717) is 11.7 Å². The van der Waals surface area contributed by atoms with E-state index in [-0.39, 0.29) is 18.0 Å². The van der Waals surface area contributed by atoms with E-state index < -0.39 is 0 Å². The predicted molar refractivity (Wildman–Crippen MR) is 69.7 cm³/mol. The third-order valence-electron chi connectivity index (χ3n) is 2.41. The molecule has 1 aromatic heterocycles. The van der Waals surface area contributed by atoms with Crippen LogP contribution < -0.4 is 15.4 Å². The number of hydrogen-bond donors (Lipinski definition) is 2. The van der Waals surface area contributed by atoms with Gasteiger partial charge in [-0.3, -0.25) is 4.79 Å². The van der Waals surface area contributed by atoms with E-state index >= 15 is 0 Å². The van der Waals surface area contributed by atoms with Crippen molar-refractivity contribution in [2.45, 2.75) is 39.8 Å². The van der Waals surface area contributed by atoms with E-state index in [4.69, 9.17) is 4.74 Å². The molecule has 6 nitrogen and oxygen atoms in total. The van der Waals surface area contributed by atoms with Gasteiger partial charge in [0.25, 0.3) is 0 Å². The average molecular weight is 252 g/mol. The van der Waals surface area contributed by atoms with Gasteiger partial charge in [0.05, 0.1) is 12.7 Å². The predicted octanol–water partition coefficient (Wildman–Crippen LogP) is 1.12. The minimum absolute atomic E-state index is 0.0676. The molecule has 1 rings (SSSR count). The zero-order valence-electron chi connectivity index (χ0n) is 11.4. The van der Waals surface area contributed by atoms with Gasteiger partial charge in [-0.25, -0.2) is 9.97 Å². The first-order valence-electron chi connectivity index (χ1n) is 5.88. The maximum Gasteiger partial charge on any atom is 0.242 e. The summed E-state index contributed by atoms with van der Waals surface area (Å²) in [4.78, 5) is 19.9. The maximum atomic E-state index is 11.8. The third-order valence-corrected chi connectivity index (χ3v) is 2.41. The van der Waals surface area contributed by atoms with Crippen molar-refractivity contribution >= 4 is 11.7 Å². The molecule has 0 saturated carbocycles. The number of rotatable bonds is 5. The van der Waals surface area contributed by atoms with Crippen LogP contribution in [0.25, 0.3) is 0 Å². The lowest BCUT2D eigenvalue weighted by Gasteiger charge is -2.17. The van der Waals surface area contributed by atoms with Crippen LogP contribution in [0.4, 0.5) is 5.82 Å². The second-order valence-corrected chi connectivity index (χ2v) is 4.39. The fraction of sp³-hybridized carbons (Fsp3) is 0.583. The lowest BCUT2D eigenvalue weighted by Crippen LogP contribution is -2.41. The number of amides is 1. The number of ether oxygens (including phenoxy) is 1. The SMILES string of the molecule is COc1ncnc(NC(C)C(=O)NC(C)C)c1C. The molecular formula is C12H20N4O2. The number of aromatic nitrogens is 2. The molecule has 0 spiro atoms. The summed E-state index contributed by atoms with van der Waals surface area (Å²) in [7, 11) is 1.55. The third kappa shape index (κ3) is 3.58. The van der Waals surface area contributed by atoms with E-state index in [1.807, 2.05) is 20.8 Å². The molecule has 100 valence electrons. The van der Waals surface area contributed by atoms with Gasteiger partial charge in [-0.2, -0.15) is 0 Å². The van der Waals surface area contributed by atoms with Crippen LogP contribution in [0, 0.1) is 6.92 Å². The topological polar surface area (TPSA) is 76.1 Å². The van der Waals surface area contributed by atoms with Gasteiger partial charge in [0, 0.05) is 6.04 Å². The summed E-state index contributed by atoms with van der Waals surface area (Å²) < 4.78 is 5.10. The molecule has 2 N–H and O–H groups in total. The van der Waals surface area contributed by atoms with E-state index in [2.05, 4.69) is 20.6 Å². The summed E-state index contributed by atoms with van der Waals surface area (Å²) in [6.45, 7) is 7.47. The van der Waals surface area contributed by atoms with Crippen molar-refractivity contribution in [3.8, 4) is 5.88 Å². The van der Waals surface area contributed by atoms with Crippen LogP contribution in [0.1, 0.15) is 26.3 Å². The van der Waals surface area contributed by atoms with Crippen LogP contribution in [-0.4, -0.2) is 35.1 Å². The molecule has 1 atom stereocenters. The number of carbonyl (C=O) groups excluding carboxylic acids is 1. The first-order chi connectivity index (χ1) is 8.45. The standard InChI is InChI=1S/C12H20N4O2/c1-7(2)15-11(17)9(4)16-10-8(3)12(18-5)14-6-13-10/h6-7,9H,1-5H3,(H,15,17)(H,13,14,16). The van der Waals surface area contributed by atoms with Crippen LogP contribution in [0.2, 0.25) is 0 Å².